The van der Waals surface area contributed by atoms with Crippen LogP contribution in [0, 0.1) is 60.5 Å². The molecule has 54 valence electrons. The van der Waals surface area contributed by atoms with Gasteiger partial charge in [0.1, 0.15) is 11.7 Å². The molecule has 0 aromatic carbocycles. The predicted molar refractivity (Wildman–Crippen MR) is 50.2 cm³/mol. The molecule has 0 nitrogen and oxygen atoms in total. The van der Waals surface area contributed by atoms with Crippen LogP contribution in [0.4, 0.5) is 0 Å². The van der Waals surface area contributed by atoms with E-state index in [4.69, 9.17) is 12.8 Å². The number of allylic oxidation sites excluding steroid dienone is 2. The fourth-order valence-corrected chi connectivity index (χ4v) is 0.291. The van der Waals surface area contributed by atoms with Crippen LogP contribution in [0.5, 0.6) is 0 Å². The fourth-order valence-electron chi connectivity index (χ4n) is 0.291. The second-order valence-corrected chi connectivity index (χ2v) is 1.41. The summed E-state index contributed by atoms with van der Waals surface area (Å²) in [5.74, 6) is 13.8. The van der Waals surface area contributed by atoms with Crippen molar-refractivity contribution in [2.24, 2.45) is 0 Å². The van der Waals surface area contributed by atoms with Crippen molar-refractivity contribution in [2.45, 2.75) is 0 Å². The lowest BCUT2D eigenvalue weighted by molar-refractivity contribution is 2.02. The van der Waals surface area contributed by atoms with Gasteiger partial charge in [-0.15, -0.1) is 6.42 Å². The minimum Gasteiger partial charge on any atom is -0.199 e. The van der Waals surface area contributed by atoms with Crippen LogP contribution in [0.2, 0.25) is 0 Å². The topological polar surface area (TPSA) is 0 Å². The van der Waals surface area contributed by atoms with E-state index < -0.39 is 0 Å². The minimum absolute atomic E-state index is 2.11. The largest absolute Gasteiger partial charge is 0.199 e. The molecule has 0 aromatic heterocycles. The van der Waals surface area contributed by atoms with Crippen LogP contribution in [0.15, 0.2) is 17.2 Å². The van der Waals surface area contributed by atoms with Gasteiger partial charge in [-0.3, -0.25) is 0 Å². The maximum absolute atomic E-state index is 4.85. The number of hydrogen-bond donors (Lipinski definition) is 0. The smallest absolute Gasteiger partial charge is 0.168 e. The average molecular weight is 158 g/mol. The highest BCUT2D eigenvalue weighted by molar-refractivity contribution is 5.35. The highest BCUT2D eigenvalue weighted by Crippen LogP contribution is 1.59. The summed E-state index contributed by atoms with van der Waals surface area (Å²) in [4.78, 5) is 0. The zero-order valence-corrected chi connectivity index (χ0v) is 6.65. The Balaban J connectivity index is 4.41. The lowest BCUT2D eigenvalue weighted by Crippen LogP contribution is -1.49. The van der Waals surface area contributed by atoms with Crippen molar-refractivity contribution in [3.63, 3.8) is 0 Å². The van der Waals surface area contributed by atoms with E-state index in [-0.39, 0.29) is 0 Å². The maximum atomic E-state index is 4.85. The van der Waals surface area contributed by atoms with Gasteiger partial charge in [0, 0.05) is 6.42 Å². The Kier molecular flexibility index (Phi) is 7.26. The molecule has 0 aliphatic rings. The van der Waals surface area contributed by atoms with Crippen molar-refractivity contribution in [3.05, 3.63) is 29.3 Å². The molecule has 0 atom stereocenters. The van der Waals surface area contributed by atoms with Gasteiger partial charge in [-0.2, -0.15) is 11.8 Å². The standard InChI is InChI=1S/C13H2/c1-3-5-7-9-11-13-12-10-8-6-4-2/h1-2H. The first-order chi connectivity index (χ1) is 6.41. The molecule has 0 rings (SSSR count). The van der Waals surface area contributed by atoms with Crippen LogP contribution in [-0.4, -0.2) is 0 Å². The fraction of sp³-hybridized carbons (Fsp3) is 0. The van der Waals surface area contributed by atoms with Gasteiger partial charge in [-0.1, -0.05) is 5.92 Å². The van der Waals surface area contributed by atoms with Gasteiger partial charge in [-0.05, 0) is 23.6 Å². The van der Waals surface area contributed by atoms with Crippen molar-refractivity contribution >= 4 is 0 Å². The summed E-state index contributed by atoms with van der Waals surface area (Å²) < 4.78 is 0. The van der Waals surface area contributed by atoms with Gasteiger partial charge >= 0.3 is 0 Å². The molecule has 0 aliphatic heterocycles. The molecule has 0 fully saturated rings. The molecule has 0 amide bonds. The summed E-state index contributed by atoms with van der Waals surface area (Å²) in [7, 11) is 0. The molecule has 0 spiro atoms. The van der Waals surface area contributed by atoms with Gasteiger partial charge < -0.3 is 0 Å². The van der Waals surface area contributed by atoms with Gasteiger partial charge in [0.25, 0.3) is 0 Å². The second-order valence-electron chi connectivity index (χ2n) is 1.41. The van der Waals surface area contributed by atoms with E-state index in [1.807, 2.05) is 0 Å². The molecule has 0 saturated carbocycles. The van der Waals surface area contributed by atoms with E-state index in [1.165, 1.54) is 0 Å². The maximum Gasteiger partial charge on any atom is 0.168 e. The first-order valence-corrected chi connectivity index (χ1v) is 3.08. The predicted octanol–water partition coefficient (Wildman–Crippen LogP) is 0.887. The molecule has 0 saturated heterocycles. The molecule has 0 N–H and O–H groups in total. The lowest BCUT2D eigenvalue weighted by atomic mass is 10.5. The third-order valence-electron chi connectivity index (χ3n) is 0.644. The summed E-state index contributed by atoms with van der Waals surface area (Å²) in [6.45, 7) is 0. The lowest BCUT2D eigenvalue weighted by Gasteiger charge is -1.62. The first-order valence-electron chi connectivity index (χ1n) is 3.08. The van der Waals surface area contributed by atoms with E-state index in [1.54, 1.807) is 0 Å². The van der Waals surface area contributed by atoms with Crippen LogP contribution in [0.1, 0.15) is 0 Å². The molecule has 0 aromatic rings. The first kappa shape index (κ1) is 10.2. The minimum atomic E-state index is 2.11. The Labute approximate surface area is 78.4 Å². The number of terminal acetylenes is 2. The van der Waals surface area contributed by atoms with Gasteiger partial charge in [0.2, 0.25) is 0 Å². The van der Waals surface area contributed by atoms with Crippen molar-refractivity contribution in [1.82, 2.24) is 0 Å². The molecule has 0 unspecified atom stereocenters. The molecule has 0 heteroatoms. The third-order valence-corrected chi connectivity index (χ3v) is 0.644. The SMILES string of the molecule is C#CC#CC#C[C-]=C=C=C=[C+]C#C. The zero-order valence-electron chi connectivity index (χ0n) is 6.65. The normalized spacial score (nSPS) is 3.85. The molecule has 0 heterocycles. The molecule has 13 heavy (non-hydrogen) atoms. The highest BCUT2D eigenvalue weighted by atomic mass is 13.5. The molecular weight excluding hydrogens is 156 g/mol. The van der Waals surface area contributed by atoms with Gasteiger partial charge in [-0.25, -0.2) is 0 Å². The highest BCUT2D eigenvalue weighted by Gasteiger charge is 1.57. The van der Waals surface area contributed by atoms with E-state index in [0.717, 1.165) is 0 Å². The van der Waals surface area contributed by atoms with E-state index >= 15 is 0 Å². The molecule has 0 radical (unpaired) electrons. The number of rotatable bonds is 0. The summed E-state index contributed by atoms with van der Waals surface area (Å²) in [6.07, 6.45) is 14.5. The summed E-state index contributed by atoms with van der Waals surface area (Å²) in [5, 5.41) is 0. The summed E-state index contributed by atoms with van der Waals surface area (Å²) in [5.41, 5.74) is 7.25. The monoisotopic (exact) mass is 158 g/mol. The van der Waals surface area contributed by atoms with Crippen molar-refractivity contribution in [1.29, 1.82) is 0 Å². The second kappa shape index (κ2) is 9.23. The Morgan fingerprint density at radius 2 is 1.92 bits per heavy atom. The summed E-state index contributed by atoms with van der Waals surface area (Å²) >= 11 is 0. The molecule has 0 bridgehead atoms. The van der Waals surface area contributed by atoms with Crippen LogP contribution in [0.3, 0.4) is 0 Å². The van der Waals surface area contributed by atoms with Crippen LogP contribution < -0.4 is 0 Å². The van der Waals surface area contributed by atoms with Gasteiger partial charge in [0.15, 0.2) is 11.8 Å². The average Bonchev–Trinajstić information content (AvgIpc) is 2.16. The third kappa shape index (κ3) is 9.23. The van der Waals surface area contributed by atoms with Crippen LogP contribution >= 0.6 is 0 Å². The quantitative estimate of drug-likeness (QED) is 0.279. The van der Waals surface area contributed by atoms with E-state index in [0.29, 0.717) is 0 Å². The van der Waals surface area contributed by atoms with Crippen LogP contribution in [-0.2, 0) is 0 Å². The van der Waals surface area contributed by atoms with Crippen LogP contribution in [0.25, 0.3) is 0 Å². The Morgan fingerprint density at radius 3 is 2.62 bits per heavy atom. The van der Waals surface area contributed by atoms with Crippen molar-refractivity contribution in [3.8, 4) is 48.4 Å². The summed E-state index contributed by atoms with van der Waals surface area (Å²) in [6, 6.07) is 0. The molecular formula is C13H2. The Morgan fingerprint density at radius 1 is 1.08 bits per heavy atom. The van der Waals surface area contributed by atoms with Gasteiger partial charge in [0.05, 0.1) is 0 Å². The van der Waals surface area contributed by atoms with Crippen molar-refractivity contribution in [2.75, 3.05) is 0 Å². The number of hydrogen-bond acceptors (Lipinski definition) is 0. The van der Waals surface area contributed by atoms with Crippen molar-refractivity contribution < 1.29 is 0 Å². The zero-order chi connectivity index (χ0) is 9.78. The molecule has 0 aliphatic carbocycles. The van der Waals surface area contributed by atoms with E-state index in [9.17, 15) is 0 Å². The van der Waals surface area contributed by atoms with E-state index in [2.05, 4.69) is 64.9 Å². The Hall–Kier alpha value is -2.77. The Bertz CT molecular complexity index is 489.